The highest BCUT2D eigenvalue weighted by Gasteiger charge is 2.34. The molecule has 5 nitrogen and oxygen atoms in total. The van der Waals surface area contributed by atoms with Crippen molar-refractivity contribution in [3.8, 4) is 0 Å². The molecule has 0 aliphatic rings. The lowest BCUT2D eigenvalue weighted by Crippen LogP contribution is -2.51. The number of aliphatic hydroxyl groups is 1. The Labute approximate surface area is 66.6 Å². The van der Waals surface area contributed by atoms with E-state index < -0.39 is 22.1 Å². The molecule has 0 amide bonds. The maximum absolute atomic E-state index is 10.6. The lowest BCUT2D eigenvalue weighted by Gasteiger charge is -2.29. The summed E-state index contributed by atoms with van der Waals surface area (Å²) in [5, 5.41) is 7.48. The van der Waals surface area contributed by atoms with Crippen LogP contribution in [0, 0.1) is 0 Å². The highest BCUT2D eigenvalue weighted by atomic mass is 32.2. The van der Waals surface area contributed by atoms with Crippen molar-refractivity contribution in [2.24, 2.45) is 0 Å². The van der Waals surface area contributed by atoms with Gasteiger partial charge in [0.25, 0.3) is 0 Å². The molecule has 1 atom stereocenters. The Morgan fingerprint density at radius 3 is 1.73 bits per heavy atom. The fourth-order valence-electron chi connectivity index (χ4n) is 0.739. The Balaban J connectivity index is 4.72. The molecule has 0 bridgehead atoms. The zero-order valence-electron chi connectivity index (χ0n) is 6.85. The number of rotatable bonds is 3. The topological polar surface area (TPSA) is 74.6 Å². The standard InChI is InChI=1S/C5H13NO4S/c1-6(2,3)5(4-7)11(8,9)10/h5,7H,4H2,1-3H3/p+1. The normalized spacial score (nSPS) is 16.5. The summed E-state index contributed by atoms with van der Waals surface area (Å²) in [7, 11) is 0.584. The van der Waals surface area contributed by atoms with Crippen LogP contribution in [0.15, 0.2) is 0 Å². The van der Waals surface area contributed by atoms with E-state index in [1.54, 1.807) is 21.1 Å². The highest BCUT2D eigenvalue weighted by molar-refractivity contribution is 7.86. The van der Waals surface area contributed by atoms with Gasteiger partial charge < -0.3 is 9.59 Å². The van der Waals surface area contributed by atoms with Gasteiger partial charge in [0.15, 0.2) is 0 Å². The molecule has 0 aromatic carbocycles. The fourth-order valence-corrected chi connectivity index (χ4v) is 1.73. The molecule has 0 spiro atoms. The van der Waals surface area contributed by atoms with E-state index in [2.05, 4.69) is 0 Å². The van der Waals surface area contributed by atoms with Crippen LogP contribution < -0.4 is 0 Å². The van der Waals surface area contributed by atoms with E-state index in [4.69, 9.17) is 9.66 Å². The number of hydrogen-bond acceptors (Lipinski definition) is 3. The van der Waals surface area contributed by atoms with Crippen molar-refractivity contribution in [3.63, 3.8) is 0 Å². The van der Waals surface area contributed by atoms with Crippen LogP contribution in [-0.4, -0.2) is 55.7 Å². The molecule has 2 N–H and O–H groups in total. The largest absolute Gasteiger partial charge is 0.389 e. The molecule has 0 aliphatic heterocycles. The highest BCUT2D eigenvalue weighted by Crippen LogP contribution is 2.07. The lowest BCUT2D eigenvalue weighted by atomic mass is 10.5. The van der Waals surface area contributed by atoms with Crippen LogP contribution in [0.4, 0.5) is 0 Å². The predicted molar refractivity (Wildman–Crippen MR) is 40.5 cm³/mol. The number of likely N-dealkylation sites (N-methyl/N-ethyl adjacent to an activating group) is 1. The van der Waals surface area contributed by atoms with Gasteiger partial charge in [0.05, 0.1) is 21.1 Å². The molecule has 0 aromatic heterocycles. The maximum Gasteiger partial charge on any atom is 0.321 e. The van der Waals surface area contributed by atoms with Gasteiger partial charge in [-0.15, -0.1) is 0 Å². The molecule has 0 saturated heterocycles. The number of nitrogens with zero attached hydrogens (tertiary/aromatic N) is 1. The average Bonchev–Trinajstić information content (AvgIpc) is 1.56. The maximum atomic E-state index is 10.6. The van der Waals surface area contributed by atoms with Crippen molar-refractivity contribution in [1.29, 1.82) is 0 Å². The summed E-state index contributed by atoms with van der Waals surface area (Å²) in [5.74, 6) is 0. The number of hydrogen-bond donors (Lipinski definition) is 2. The van der Waals surface area contributed by atoms with Crippen LogP contribution in [0.2, 0.25) is 0 Å². The molecule has 6 heteroatoms. The first-order valence-electron chi connectivity index (χ1n) is 3.08. The summed E-state index contributed by atoms with van der Waals surface area (Å²) in [4.78, 5) is 0. The van der Waals surface area contributed by atoms with Crippen molar-refractivity contribution >= 4 is 10.1 Å². The number of quaternary nitrogens is 1. The van der Waals surface area contributed by atoms with Crippen molar-refractivity contribution < 1.29 is 22.6 Å². The lowest BCUT2D eigenvalue weighted by molar-refractivity contribution is -0.882. The molecule has 11 heavy (non-hydrogen) atoms. The quantitative estimate of drug-likeness (QED) is 0.431. The van der Waals surface area contributed by atoms with Crippen LogP contribution >= 0.6 is 0 Å². The van der Waals surface area contributed by atoms with E-state index in [9.17, 15) is 8.42 Å². The van der Waals surface area contributed by atoms with Gasteiger partial charge in [-0.3, -0.25) is 4.55 Å². The van der Waals surface area contributed by atoms with Crippen LogP contribution in [0.3, 0.4) is 0 Å². The molecule has 0 radical (unpaired) electrons. The molecule has 0 aromatic rings. The van der Waals surface area contributed by atoms with E-state index in [1.807, 2.05) is 0 Å². The summed E-state index contributed by atoms with van der Waals surface area (Å²) in [6.07, 6.45) is 0. The second-order valence-corrected chi connectivity index (χ2v) is 4.84. The second-order valence-electron chi connectivity index (χ2n) is 3.27. The molecule has 68 valence electrons. The van der Waals surface area contributed by atoms with Crippen LogP contribution in [0.5, 0.6) is 0 Å². The molecule has 0 rings (SSSR count). The van der Waals surface area contributed by atoms with Crippen LogP contribution in [0.25, 0.3) is 0 Å². The fraction of sp³-hybridized carbons (Fsp3) is 1.00. The molecule has 0 aliphatic carbocycles. The zero-order chi connectivity index (χ0) is 9.28. The Morgan fingerprint density at radius 1 is 1.36 bits per heavy atom. The summed E-state index contributed by atoms with van der Waals surface area (Å²) >= 11 is 0. The van der Waals surface area contributed by atoms with E-state index in [0.29, 0.717) is 0 Å². The Morgan fingerprint density at radius 2 is 1.73 bits per heavy atom. The summed E-state index contributed by atoms with van der Waals surface area (Å²) < 4.78 is 29.8. The molecule has 0 heterocycles. The van der Waals surface area contributed by atoms with Gasteiger partial charge in [-0.05, 0) is 0 Å². The summed E-state index contributed by atoms with van der Waals surface area (Å²) in [6, 6.07) is 0. The predicted octanol–water partition coefficient (Wildman–Crippen LogP) is -1.10. The van der Waals surface area contributed by atoms with Gasteiger partial charge in [0.1, 0.15) is 6.61 Å². The summed E-state index contributed by atoms with van der Waals surface area (Å²) in [6.45, 7) is -0.581. The third kappa shape index (κ3) is 3.15. The van der Waals surface area contributed by atoms with E-state index in [-0.39, 0.29) is 4.48 Å². The monoisotopic (exact) mass is 184 g/mol. The van der Waals surface area contributed by atoms with Gasteiger partial charge in [-0.2, -0.15) is 8.42 Å². The van der Waals surface area contributed by atoms with Crippen LogP contribution in [0.1, 0.15) is 0 Å². The first kappa shape index (κ1) is 10.8. The Bertz CT molecular complexity index is 215. The van der Waals surface area contributed by atoms with Crippen molar-refractivity contribution in [3.05, 3.63) is 0 Å². The minimum atomic E-state index is -4.15. The SMILES string of the molecule is C[N+](C)(C)C(CO)S(=O)(=O)O. The third-order valence-electron chi connectivity index (χ3n) is 1.36. The van der Waals surface area contributed by atoms with Crippen LogP contribution in [-0.2, 0) is 10.1 Å². The zero-order valence-corrected chi connectivity index (χ0v) is 7.67. The van der Waals surface area contributed by atoms with Gasteiger partial charge in [0.2, 0.25) is 5.37 Å². The summed E-state index contributed by atoms with van der Waals surface area (Å²) in [5.41, 5.74) is 0. The van der Waals surface area contributed by atoms with Gasteiger partial charge in [-0.25, -0.2) is 0 Å². The van der Waals surface area contributed by atoms with E-state index in [1.165, 1.54) is 0 Å². The first-order chi connectivity index (χ1) is 4.69. The van der Waals surface area contributed by atoms with Crippen molar-refractivity contribution in [2.75, 3.05) is 27.7 Å². The minimum absolute atomic E-state index is 0.0185. The smallest absolute Gasteiger partial charge is 0.321 e. The van der Waals surface area contributed by atoms with Gasteiger partial charge in [0, 0.05) is 0 Å². The molecule has 0 fully saturated rings. The van der Waals surface area contributed by atoms with E-state index in [0.717, 1.165) is 0 Å². The van der Waals surface area contributed by atoms with Crippen molar-refractivity contribution in [2.45, 2.75) is 5.37 Å². The first-order valence-corrected chi connectivity index (χ1v) is 4.58. The minimum Gasteiger partial charge on any atom is -0.389 e. The van der Waals surface area contributed by atoms with Gasteiger partial charge >= 0.3 is 10.1 Å². The molecular weight excluding hydrogens is 170 g/mol. The third-order valence-corrected chi connectivity index (χ3v) is 2.83. The Kier molecular flexibility index (Phi) is 3.01. The molecule has 1 unspecified atom stereocenters. The average molecular weight is 184 g/mol. The second kappa shape index (κ2) is 3.06. The van der Waals surface area contributed by atoms with Gasteiger partial charge in [-0.1, -0.05) is 0 Å². The molecule has 0 saturated carbocycles. The Hall–Kier alpha value is -0.170. The van der Waals surface area contributed by atoms with E-state index >= 15 is 0 Å². The number of aliphatic hydroxyl groups excluding tert-OH is 1. The van der Waals surface area contributed by atoms with Crippen molar-refractivity contribution in [1.82, 2.24) is 0 Å². The molecular formula is C5H14NO4S+.